The van der Waals surface area contributed by atoms with Crippen molar-refractivity contribution in [3.8, 4) is 16.9 Å². The van der Waals surface area contributed by atoms with Crippen LogP contribution in [0, 0.1) is 5.82 Å². The maximum Gasteiger partial charge on any atom is 0.341 e. The van der Waals surface area contributed by atoms with Crippen LogP contribution in [-0.4, -0.2) is 34.7 Å². The van der Waals surface area contributed by atoms with Gasteiger partial charge in [-0.1, -0.05) is 11.6 Å². The third-order valence-corrected chi connectivity index (χ3v) is 4.28. The fraction of sp³-hybridized carbons (Fsp3) is 0.167. The molecule has 3 rings (SSSR count). The highest BCUT2D eigenvalue weighted by Crippen LogP contribution is 2.38. The minimum Gasteiger partial charge on any atom is -0.494 e. The van der Waals surface area contributed by atoms with Gasteiger partial charge in [0.25, 0.3) is 0 Å². The number of nitrogens with zero attached hydrogens (tertiary/aromatic N) is 1. The Morgan fingerprint density at radius 1 is 1.44 bits per heavy atom. The molecule has 0 atom stereocenters. The molecule has 0 bridgehead atoms. The zero-order valence-electron chi connectivity index (χ0n) is 14.4. The van der Waals surface area contributed by atoms with Crippen LogP contribution in [0.15, 0.2) is 29.3 Å². The molecule has 7 nitrogen and oxygen atoms in total. The largest absolute Gasteiger partial charge is 0.494 e. The molecular weight excluding hydrogens is 377 g/mol. The van der Waals surface area contributed by atoms with E-state index >= 15 is 0 Å². The lowest BCUT2D eigenvalue weighted by Gasteiger charge is -2.14. The maximum absolute atomic E-state index is 14.9. The summed E-state index contributed by atoms with van der Waals surface area (Å²) in [6.45, 7) is 2.51. The second kappa shape index (κ2) is 7.24. The third kappa shape index (κ3) is 3.19. The summed E-state index contributed by atoms with van der Waals surface area (Å²) in [6.07, 6.45) is 2.48. The van der Waals surface area contributed by atoms with Crippen LogP contribution in [0.2, 0.25) is 5.02 Å². The van der Waals surface area contributed by atoms with E-state index in [4.69, 9.17) is 21.4 Å². The number of carboxylic acids is 1. The van der Waals surface area contributed by atoms with Crippen LogP contribution < -0.4 is 15.5 Å². The van der Waals surface area contributed by atoms with Crippen LogP contribution in [0.25, 0.3) is 22.0 Å². The number of nitrogens with one attached hydrogen (secondary N) is 2. The molecule has 0 aliphatic heterocycles. The molecule has 0 fully saturated rings. The van der Waals surface area contributed by atoms with Crippen molar-refractivity contribution in [1.82, 2.24) is 9.97 Å². The molecule has 0 spiro atoms. The van der Waals surface area contributed by atoms with Crippen LogP contribution in [0.4, 0.5) is 10.2 Å². The molecule has 1 aromatic carbocycles. The van der Waals surface area contributed by atoms with Gasteiger partial charge in [0, 0.05) is 24.5 Å². The molecule has 140 valence electrons. The fourth-order valence-corrected chi connectivity index (χ4v) is 3.04. The summed E-state index contributed by atoms with van der Waals surface area (Å²) < 4.78 is 20.2. The molecule has 2 heterocycles. The Morgan fingerprint density at radius 3 is 2.78 bits per heavy atom. The monoisotopic (exact) mass is 391 g/mol. The van der Waals surface area contributed by atoms with Crippen LogP contribution in [0.1, 0.15) is 17.3 Å². The van der Waals surface area contributed by atoms with E-state index in [1.165, 1.54) is 19.4 Å². The normalized spacial score (nSPS) is 10.8. The van der Waals surface area contributed by atoms with Crippen molar-refractivity contribution in [2.24, 2.45) is 0 Å². The molecule has 0 radical (unpaired) electrons. The molecule has 2 aromatic heterocycles. The zero-order chi connectivity index (χ0) is 19.7. The van der Waals surface area contributed by atoms with Crippen molar-refractivity contribution in [2.45, 2.75) is 6.92 Å². The van der Waals surface area contributed by atoms with Gasteiger partial charge < -0.3 is 20.1 Å². The molecule has 0 amide bonds. The van der Waals surface area contributed by atoms with Crippen LogP contribution in [0.5, 0.6) is 5.75 Å². The fourth-order valence-electron chi connectivity index (χ4n) is 2.81. The molecular formula is C18H15ClFN3O4. The highest BCUT2D eigenvalue weighted by molar-refractivity contribution is 6.33. The number of methoxy groups -OCH3 is 1. The first-order chi connectivity index (χ1) is 12.9. The molecule has 0 saturated heterocycles. The Balaban J connectivity index is 2.30. The summed E-state index contributed by atoms with van der Waals surface area (Å²) >= 11 is 6.19. The number of benzene rings is 1. The highest BCUT2D eigenvalue weighted by atomic mass is 35.5. The lowest BCUT2D eigenvalue weighted by Crippen LogP contribution is -2.16. The van der Waals surface area contributed by atoms with Gasteiger partial charge in [0.1, 0.15) is 17.2 Å². The van der Waals surface area contributed by atoms with Crippen LogP contribution >= 0.6 is 11.6 Å². The number of pyridine rings is 2. The Labute approximate surface area is 157 Å². The lowest BCUT2D eigenvalue weighted by molar-refractivity contribution is 0.0695. The topological polar surface area (TPSA) is 104 Å². The summed E-state index contributed by atoms with van der Waals surface area (Å²) in [5, 5.41) is 12.2. The van der Waals surface area contributed by atoms with Gasteiger partial charge in [-0.05, 0) is 19.1 Å². The summed E-state index contributed by atoms with van der Waals surface area (Å²) in [5.41, 5.74) is -0.715. The highest BCUT2D eigenvalue weighted by Gasteiger charge is 2.21. The predicted molar refractivity (Wildman–Crippen MR) is 100 cm³/mol. The summed E-state index contributed by atoms with van der Waals surface area (Å²) in [7, 11) is 1.32. The molecule has 0 saturated carbocycles. The number of carboxylic acid groups (broad SMARTS) is 1. The molecule has 9 heteroatoms. The number of hydrogen-bond acceptors (Lipinski definition) is 5. The van der Waals surface area contributed by atoms with E-state index in [0.29, 0.717) is 22.9 Å². The summed E-state index contributed by atoms with van der Waals surface area (Å²) in [5.74, 6) is -1.66. The van der Waals surface area contributed by atoms with Crippen molar-refractivity contribution in [2.75, 3.05) is 19.0 Å². The van der Waals surface area contributed by atoms with Gasteiger partial charge in [0.05, 0.1) is 28.6 Å². The van der Waals surface area contributed by atoms with E-state index in [2.05, 4.69) is 15.3 Å². The first-order valence-electron chi connectivity index (χ1n) is 7.94. The summed E-state index contributed by atoms with van der Waals surface area (Å²) in [6, 6.07) is 2.51. The van der Waals surface area contributed by atoms with Crippen molar-refractivity contribution in [1.29, 1.82) is 0 Å². The number of aromatic amines is 1. The first kappa shape index (κ1) is 18.7. The third-order valence-electron chi connectivity index (χ3n) is 3.99. The standard InChI is InChI=1S/C18H15ClFN3O4/c1-3-21-17-11(19)4-8(6-23-17)13-12(20)5-9-14(16(13)27-2)22-7-10(15(9)24)18(25)26/h4-7H,3H2,1-2H3,(H,21,23)(H,22,24)(H,25,26). The second-order valence-electron chi connectivity index (χ2n) is 5.61. The van der Waals surface area contributed by atoms with E-state index in [0.717, 1.165) is 12.3 Å². The van der Waals surface area contributed by atoms with Crippen LogP contribution in [-0.2, 0) is 0 Å². The van der Waals surface area contributed by atoms with Gasteiger partial charge >= 0.3 is 5.97 Å². The molecule has 0 aliphatic rings. The van der Waals surface area contributed by atoms with E-state index in [1.807, 2.05) is 6.92 Å². The van der Waals surface area contributed by atoms with Crippen molar-refractivity contribution in [3.63, 3.8) is 0 Å². The lowest BCUT2D eigenvalue weighted by atomic mass is 10.0. The molecule has 0 unspecified atom stereocenters. The van der Waals surface area contributed by atoms with Gasteiger partial charge in [-0.25, -0.2) is 14.2 Å². The number of H-pyrrole nitrogens is 1. The van der Waals surface area contributed by atoms with Gasteiger partial charge in [-0.15, -0.1) is 0 Å². The Bertz CT molecular complexity index is 1110. The Hall–Kier alpha value is -3.13. The minimum atomic E-state index is -1.41. The van der Waals surface area contributed by atoms with E-state index in [9.17, 15) is 14.0 Å². The maximum atomic E-state index is 14.9. The van der Waals surface area contributed by atoms with Gasteiger partial charge in [0.15, 0.2) is 5.75 Å². The van der Waals surface area contributed by atoms with Gasteiger partial charge in [0.2, 0.25) is 5.43 Å². The number of hydrogen-bond donors (Lipinski definition) is 3. The van der Waals surface area contributed by atoms with Crippen LogP contribution in [0.3, 0.4) is 0 Å². The van der Waals surface area contributed by atoms with Gasteiger partial charge in [-0.2, -0.15) is 0 Å². The number of aromatic nitrogens is 2. The van der Waals surface area contributed by atoms with E-state index in [1.54, 1.807) is 0 Å². The molecule has 3 aromatic rings. The van der Waals surface area contributed by atoms with Crippen molar-refractivity contribution >= 4 is 34.3 Å². The van der Waals surface area contributed by atoms with Crippen molar-refractivity contribution in [3.05, 3.63) is 51.2 Å². The summed E-state index contributed by atoms with van der Waals surface area (Å²) in [4.78, 5) is 30.4. The quantitative estimate of drug-likeness (QED) is 0.614. The number of fused-ring (bicyclic) bond motifs is 1. The molecule has 0 aliphatic carbocycles. The number of ether oxygens (including phenoxy) is 1. The first-order valence-corrected chi connectivity index (χ1v) is 8.31. The Kier molecular flexibility index (Phi) is 5.00. The predicted octanol–water partition coefficient (Wildman–Crippen LogP) is 3.52. The zero-order valence-corrected chi connectivity index (χ0v) is 15.1. The average molecular weight is 392 g/mol. The number of halogens is 2. The average Bonchev–Trinajstić information content (AvgIpc) is 2.63. The van der Waals surface area contributed by atoms with E-state index < -0.39 is 22.8 Å². The number of carbonyl (C=O) groups is 1. The number of anilines is 1. The van der Waals surface area contributed by atoms with E-state index in [-0.39, 0.29) is 22.2 Å². The van der Waals surface area contributed by atoms with Gasteiger partial charge in [-0.3, -0.25) is 4.79 Å². The molecule has 27 heavy (non-hydrogen) atoms. The molecule has 3 N–H and O–H groups in total. The number of rotatable bonds is 5. The number of aromatic carboxylic acids is 1. The minimum absolute atomic E-state index is 0.0492. The second-order valence-corrected chi connectivity index (χ2v) is 6.02. The van der Waals surface area contributed by atoms with Crippen molar-refractivity contribution < 1.29 is 19.0 Å². The smallest absolute Gasteiger partial charge is 0.341 e. The Morgan fingerprint density at radius 2 is 2.19 bits per heavy atom. The SMILES string of the molecule is CCNc1ncc(-c2c(F)cc3c(=O)c(C(=O)O)c[nH]c3c2OC)cc1Cl.